The summed E-state index contributed by atoms with van der Waals surface area (Å²) < 4.78 is 21.7. The Bertz CT molecular complexity index is 966. The topological polar surface area (TPSA) is 266 Å². The number of carbonyl (C=O) groups excluding carboxylic acids is 8. The molecule has 0 aliphatic rings. The molecule has 0 radical (unpaired) electrons. The molecular weight excluding hydrogens is 878 g/mol. The maximum atomic E-state index is 10.7. The van der Waals surface area contributed by atoms with Gasteiger partial charge in [-0.3, -0.25) is 0 Å². The standard InChI is InChI=1S/2C8H12O4.4C4H7O2.2Sn/c2*1-2-3-4-6(8(11)12)5-7(9)10;4*1-3-4(5)6-2;;/h2*5H,2-4H2,1H3,(H,9,10)(H,11,12);4*1,3H2,2H3;;/q;;;;;;2*+2/p-4/b2*6-5-;;;;;;. The van der Waals surface area contributed by atoms with Crippen molar-refractivity contribution in [2.45, 2.75) is 95.8 Å². The van der Waals surface area contributed by atoms with Crippen LogP contribution >= 0.6 is 0 Å². The number of unbranched alkanes of at least 4 members (excludes halogenated alkanes) is 2. The fourth-order valence-electron chi connectivity index (χ4n) is 2.91. The fourth-order valence-corrected chi connectivity index (χ4v) is 8.68. The molecule has 0 aliphatic carbocycles. The van der Waals surface area contributed by atoms with Gasteiger partial charge in [-0.05, 0) is 49.0 Å². The van der Waals surface area contributed by atoms with E-state index < -0.39 is 66.2 Å². The summed E-state index contributed by atoms with van der Waals surface area (Å²) in [5, 5.41) is 40.5. The number of methoxy groups -OCH3 is 4. The monoisotopic (exact) mass is 928 g/mol. The van der Waals surface area contributed by atoms with E-state index in [2.05, 4.69) is 18.9 Å². The minimum absolute atomic E-state index is 0.154. The van der Waals surface area contributed by atoms with E-state index in [1.54, 1.807) is 0 Å². The van der Waals surface area contributed by atoms with Crippen LogP contribution in [0.4, 0.5) is 0 Å². The molecule has 0 heterocycles. The number of hydrogen-bond donors (Lipinski definition) is 0. The zero-order valence-electron chi connectivity index (χ0n) is 29.6. The van der Waals surface area contributed by atoms with Crippen LogP contribution in [0, 0.1) is 0 Å². The van der Waals surface area contributed by atoms with E-state index >= 15 is 0 Å². The number of rotatable bonds is 22. The summed E-state index contributed by atoms with van der Waals surface area (Å²) in [4.78, 5) is 83.3. The molecule has 0 spiro atoms. The first kappa shape index (κ1) is 53.6. The second-order valence-corrected chi connectivity index (χ2v) is 18.1. The Kier molecular flexibility index (Phi) is 41.4. The van der Waals surface area contributed by atoms with Crippen LogP contribution in [-0.2, 0) is 57.3 Å². The first-order valence-corrected chi connectivity index (χ1v) is 23.6. The number of carboxylic acid groups (broad SMARTS) is 4. The summed E-state index contributed by atoms with van der Waals surface area (Å²) >= 11 is -1.10. The van der Waals surface area contributed by atoms with Crippen molar-refractivity contribution < 1.29 is 77.7 Å². The summed E-state index contributed by atoms with van der Waals surface area (Å²) in [7, 11) is 5.56. The van der Waals surface area contributed by atoms with Gasteiger partial charge in [0, 0.05) is 0 Å². The molecule has 0 amide bonds. The first-order chi connectivity index (χ1) is 23.6. The molecule has 0 atom stereocenters. The van der Waals surface area contributed by atoms with Crippen LogP contribution < -0.4 is 20.4 Å². The van der Waals surface area contributed by atoms with Crippen LogP contribution in [0.5, 0.6) is 0 Å². The Hall–Kier alpha value is -3.16. The Morgan fingerprint density at radius 2 is 0.700 bits per heavy atom. The van der Waals surface area contributed by atoms with Crippen LogP contribution in [0.2, 0.25) is 17.7 Å². The molecule has 0 fully saturated rings. The summed E-state index contributed by atoms with van der Waals surface area (Å²) in [6.45, 7) is 3.76. The van der Waals surface area contributed by atoms with Crippen molar-refractivity contribution in [1.82, 2.24) is 0 Å². The molecule has 0 aromatic carbocycles. The quantitative estimate of drug-likeness (QED) is 0.0394. The molecule has 0 bridgehead atoms. The second kappa shape index (κ2) is 38.6. The number of carboxylic acids is 4. The molecule has 0 aromatic heterocycles. The molecular formula is C32H48O16Sn2. The van der Waals surface area contributed by atoms with Gasteiger partial charge >= 0.3 is 176 Å². The Morgan fingerprint density at radius 3 is 0.860 bits per heavy atom. The normalized spacial score (nSPS) is 9.96. The van der Waals surface area contributed by atoms with E-state index in [1.165, 1.54) is 28.4 Å². The van der Waals surface area contributed by atoms with Gasteiger partial charge in [-0.1, -0.05) is 26.7 Å². The zero-order valence-corrected chi connectivity index (χ0v) is 35.3. The van der Waals surface area contributed by atoms with Crippen molar-refractivity contribution >= 4 is 90.0 Å². The zero-order chi connectivity index (χ0) is 39.3. The van der Waals surface area contributed by atoms with Crippen LogP contribution in [0.1, 0.15) is 78.1 Å². The van der Waals surface area contributed by atoms with E-state index in [0.717, 1.165) is 30.6 Å². The number of carbonyl (C=O) groups is 8. The number of aliphatic carboxylic acids is 4. The average Bonchev–Trinajstić information content (AvgIpc) is 3.07. The predicted octanol–water partition coefficient (Wildman–Crippen LogP) is -1.49. The third-order valence-electron chi connectivity index (χ3n) is 5.64. The molecule has 0 aromatic rings. The van der Waals surface area contributed by atoms with Crippen LogP contribution in [0.15, 0.2) is 23.3 Å². The Labute approximate surface area is 313 Å². The maximum absolute atomic E-state index is 10.7. The fraction of sp³-hybridized carbons (Fsp3) is 0.625. The van der Waals surface area contributed by atoms with Gasteiger partial charge in [0.1, 0.15) is 0 Å². The molecule has 0 rings (SSSR count). The number of hydrogen-bond acceptors (Lipinski definition) is 16. The summed E-state index contributed by atoms with van der Waals surface area (Å²) in [5.41, 5.74) is -0.422. The van der Waals surface area contributed by atoms with E-state index in [0.29, 0.717) is 50.7 Å². The molecule has 50 heavy (non-hydrogen) atoms. The SMILES string of the molecule is CCCC/C(=C/C(=O)[O-])C(=O)[O-].CCCC/C(=C/C(=O)[O-])C(=O)[O-].COC(=O)C[CH2][Sn+2][CH2]CC(=O)OC.COC(=O)C[CH2][Sn+2][CH2]CC(=O)OC. The van der Waals surface area contributed by atoms with Gasteiger partial charge in [-0.25, -0.2) is 0 Å². The molecule has 280 valence electrons. The van der Waals surface area contributed by atoms with Gasteiger partial charge in [0.2, 0.25) is 0 Å². The van der Waals surface area contributed by atoms with Crippen molar-refractivity contribution in [3.05, 3.63) is 23.3 Å². The van der Waals surface area contributed by atoms with Crippen molar-refractivity contribution in [2.75, 3.05) is 28.4 Å². The van der Waals surface area contributed by atoms with Gasteiger partial charge < -0.3 is 39.6 Å². The molecule has 16 nitrogen and oxygen atoms in total. The van der Waals surface area contributed by atoms with Crippen LogP contribution in [0.3, 0.4) is 0 Å². The summed E-state index contributed by atoms with van der Waals surface area (Å²) in [5.74, 6) is -6.48. The number of ether oxygens (including phenoxy) is 4. The minimum atomic E-state index is -1.50. The van der Waals surface area contributed by atoms with Gasteiger partial charge in [0.15, 0.2) is 0 Å². The third-order valence-corrected chi connectivity index (χ3v) is 12.5. The first-order valence-electron chi connectivity index (χ1n) is 15.5. The molecule has 0 aliphatic heterocycles. The number of esters is 4. The third kappa shape index (κ3) is 42.9. The Balaban J connectivity index is -0.000000282. The molecule has 0 saturated carbocycles. The van der Waals surface area contributed by atoms with Crippen molar-refractivity contribution in [2.24, 2.45) is 0 Å². The Morgan fingerprint density at radius 1 is 0.460 bits per heavy atom. The van der Waals surface area contributed by atoms with Crippen LogP contribution in [0.25, 0.3) is 0 Å². The van der Waals surface area contributed by atoms with Gasteiger partial charge in [-0.15, -0.1) is 0 Å². The van der Waals surface area contributed by atoms with Crippen LogP contribution in [-0.4, -0.2) is 118 Å². The van der Waals surface area contributed by atoms with E-state index in [-0.39, 0.29) is 47.9 Å². The van der Waals surface area contributed by atoms with E-state index in [4.69, 9.17) is 0 Å². The van der Waals surface area contributed by atoms with E-state index in [1.807, 2.05) is 13.8 Å². The molecule has 0 saturated heterocycles. The van der Waals surface area contributed by atoms with Crippen molar-refractivity contribution in [3.63, 3.8) is 0 Å². The van der Waals surface area contributed by atoms with Gasteiger partial charge in [0.05, 0.1) is 23.9 Å². The predicted molar refractivity (Wildman–Crippen MR) is 173 cm³/mol. The molecule has 0 unspecified atom stereocenters. The molecule has 0 N–H and O–H groups in total. The van der Waals surface area contributed by atoms with Crippen molar-refractivity contribution in [1.29, 1.82) is 0 Å². The van der Waals surface area contributed by atoms with Gasteiger partial charge in [-0.2, -0.15) is 0 Å². The summed E-state index contributed by atoms with van der Waals surface area (Å²) in [6, 6.07) is 0. The summed E-state index contributed by atoms with van der Waals surface area (Å²) in [6.07, 6.45) is 6.46. The van der Waals surface area contributed by atoms with E-state index in [9.17, 15) is 58.8 Å². The van der Waals surface area contributed by atoms with Gasteiger partial charge in [0.25, 0.3) is 0 Å². The molecule has 18 heteroatoms. The average molecular weight is 926 g/mol. The van der Waals surface area contributed by atoms with Crippen molar-refractivity contribution in [3.8, 4) is 0 Å². The second-order valence-electron chi connectivity index (χ2n) is 9.56.